The largest absolute Gasteiger partial charge is 0.550 e. The first-order valence-corrected chi connectivity index (χ1v) is 7.74. The predicted molar refractivity (Wildman–Crippen MR) is 84.9 cm³/mol. The molecule has 1 aliphatic heterocycles. The first-order chi connectivity index (χ1) is 11.5. The van der Waals surface area contributed by atoms with E-state index in [-0.39, 0.29) is 24.8 Å². The Morgan fingerprint density at radius 2 is 2.00 bits per heavy atom. The van der Waals surface area contributed by atoms with Gasteiger partial charge >= 0.3 is 0 Å². The van der Waals surface area contributed by atoms with Gasteiger partial charge in [0.05, 0.1) is 12.0 Å². The Balaban J connectivity index is 1.86. The van der Waals surface area contributed by atoms with Crippen LogP contribution in [0.25, 0.3) is 0 Å². The molecule has 24 heavy (non-hydrogen) atoms. The average molecular weight is 325 g/mol. The van der Waals surface area contributed by atoms with Crippen LogP contribution >= 0.6 is 0 Å². The third-order valence-electron chi connectivity index (χ3n) is 3.97. The van der Waals surface area contributed by atoms with E-state index in [1.165, 1.54) is 5.01 Å². The van der Waals surface area contributed by atoms with Crippen LogP contribution in [0.3, 0.4) is 0 Å². The van der Waals surface area contributed by atoms with E-state index in [9.17, 15) is 14.7 Å². The lowest BCUT2D eigenvalue weighted by molar-refractivity contribution is -0.305. The van der Waals surface area contributed by atoms with Crippen molar-refractivity contribution in [1.82, 2.24) is 5.01 Å². The maximum absolute atomic E-state index is 12.4. The third kappa shape index (κ3) is 3.37. The number of carbonyl (C=O) groups is 2. The molecule has 0 bridgehead atoms. The van der Waals surface area contributed by atoms with E-state index in [0.717, 1.165) is 16.8 Å². The molecule has 1 amide bonds. The maximum Gasteiger partial charge on any atom is 0.243 e. The number of carbonyl (C=O) groups excluding carboxylic acids is 2. The monoisotopic (exact) mass is 325 g/mol. The van der Waals surface area contributed by atoms with Crippen molar-refractivity contribution < 1.29 is 19.1 Å². The van der Waals surface area contributed by atoms with Crippen molar-refractivity contribution in [3.63, 3.8) is 0 Å². The molecule has 6 heteroatoms. The molecule has 0 aliphatic carbocycles. The topological polar surface area (TPSA) is 85.9 Å². The highest BCUT2D eigenvalue weighted by molar-refractivity contribution is 6.03. The Morgan fingerprint density at radius 3 is 2.62 bits per heavy atom. The van der Waals surface area contributed by atoms with Gasteiger partial charge in [0, 0.05) is 18.8 Å². The van der Waals surface area contributed by atoms with Crippen molar-refractivity contribution in [1.29, 1.82) is 0 Å². The molecular weight excluding hydrogens is 308 g/mol. The van der Waals surface area contributed by atoms with Crippen molar-refractivity contribution in [2.45, 2.75) is 32.2 Å². The molecule has 0 saturated carbocycles. The molecule has 0 saturated heterocycles. The van der Waals surface area contributed by atoms with Crippen LogP contribution in [0.4, 0.5) is 0 Å². The number of carboxylic acids is 1. The van der Waals surface area contributed by atoms with Crippen molar-refractivity contribution in [2.24, 2.45) is 5.10 Å². The van der Waals surface area contributed by atoms with Crippen LogP contribution in [0.5, 0.6) is 0 Å². The van der Waals surface area contributed by atoms with Crippen LogP contribution in [0.15, 0.2) is 52.2 Å². The van der Waals surface area contributed by atoms with Gasteiger partial charge in [-0.05, 0) is 31.0 Å². The van der Waals surface area contributed by atoms with Crippen LogP contribution in [0.2, 0.25) is 0 Å². The molecule has 1 aromatic carbocycles. The van der Waals surface area contributed by atoms with E-state index in [1.807, 2.05) is 31.2 Å². The van der Waals surface area contributed by atoms with Crippen molar-refractivity contribution in [3.8, 4) is 0 Å². The van der Waals surface area contributed by atoms with Crippen LogP contribution in [0.1, 0.15) is 42.2 Å². The summed E-state index contributed by atoms with van der Waals surface area (Å²) in [5, 5.41) is 16.4. The first kappa shape index (κ1) is 16.0. The number of carboxylic acid groups (broad SMARTS) is 1. The third-order valence-corrected chi connectivity index (χ3v) is 3.97. The lowest BCUT2D eigenvalue weighted by Crippen LogP contribution is -2.29. The highest BCUT2D eigenvalue weighted by Crippen LogP contribution is 2.33. The van der Waals surface area contributed by atoms with E-state index in [1.54, 1.807) is 18.4 Å². The zero-order valence-corrected chi connectivity index (χ0v) is 13.3. The summed E-state index contributed by atoms with van der Waals surface area (Å²) in [5.41, 5.74) is 2.85. The standard InChI is InChI=1S/C18H18N2O4/c1-12-4-6-13(7-5-12)14-11-15(16-3-2-10-24-16)20(19-14)17(21)8-9-18(22)23/h2-7,10,15H,8-9,11H2,1H3,(H,22,23)/p-1/t15-/m1/s1. The van der Waals surface area contributed by atoms with Gasteiger partial charge in [0.25, 0.3) is 0 Å². The Morgan fingerprint density at radius 1 is 1.25 bits per heavy atom. The molecule has 0 spiro atoms. The van der Waals surface area contributed by atoms with Crippen molar-refractivity contribution in [2.75, 3.05) is 0 Å². The van der Waals surface area contributed by atoms with Crippen molar-refractivity contribution in [3.05, 3.63) is 59.5 Å². The number of amides is 1. The summed E-state index contributed by atoms with van der Waals surface area (Å²) in [7, 11) is 0. The Kier molecular flexibility index (Phi) is 4.46. The zero-order valence-electron chi connectivity index (χ0n) is 13.3. The number of hydrazone groups is 1. The van der Waals surface area contributed by atoms with Gasteiger partial charge in [-0.25, -0.2) is 5.01 Å². The Bertz CT molecular complexity index is 763. The molecule has 1 atom stereocenters. The molecule has 1 aliphatic rings. The van der Waals surface area contributed by atoms with Gasteiger partial charge in [0.1, 0.15) is 11.8 Å². The first-order valence-electron chi connectivity index (χ1n) is 7.74. The zero-order chi connectivity index (χ0) is 17.1. The normalized spacial score (nSPS) is 17.0. The Labute approximate surface area is 139 Å². The smallest absolute Gasteiger partial charge is 0.243 e. The van der Waals surface area contributed by atoms with Crippen LogP contribution in [0, 0.1) is 6.92 Å². The van der Waals surface area contributed by atoms with E-state index < -0.39 is 5.97 Å². The molecule has 0 radical (unpaired) electrons. The van der Waals surface area contributed by atoms with Gasteiger partial charge in [-0.2, -0.15) is 5.10 Å². The number of aryl methyl sites for hydroxylation is 1. The van der Waals surface area contributed by atoms with Crippen LogP contribution in [-0.2, 0) is 9.59 Å². The lowest BCUT2D eigenvalue weighted by Gasteiger charge is -2.19. The number of furan rings is 1. The van der Waals surface area contributed by atoms with Gasteiger partial charge in [-0.1, -0.05) is 29.8 Å². The number of nitrogens with zero attached hydrogens (tertiary/aromatic N) is 2. The summed E-state index contributed by atoms with van der Waals surface area (Å²) in [6, 6.07) is 11.1. The van der Waals surface area contributed by atoms with E-state index >= 15 is 0 Å². The molecule has 0 unspecified atom stereocenters. The van der Waals surface area contributed by atoms with Gasteiger partial charge in [-0.3, -0.25) is 4.79 Å². The molecule has 0 fully saturated rings. The van der Waals surface area contributed by atoms with E-state index in [2.05, 4.69) is 5.10 Å². The van der Waals surface area contributed by atoms with Crippen LogP contribution in [-0.4, -0.2) is 22.6 Å². The SMILES string of the molecule is Cc1ccc(C2=NN(C(=O)CCC(=O)[O-])[C@@H](c3ccco3)C2)cc1. The minimum absolute atomic E-state index is 0.149. The lowest BCUT2D eigenvalue weighted by atomic mass is 10.0. The second kappa shape index (κ2) is 6.70. The van der Waals surface area contributed by atoms with Gasteiger partial charge in [-0.15, -0.1) is 0 Å². The summed E-state index contributed by atoms with van der Waals surface area (Å²) in [6.45, 7) is 2.00. The quantitative estimate of drug-likeness (QED) is 0.839. The average Bonchev–Trinajstić information content (AvgIpc) is 3.22. The fourth-order valence-corrected chi connectivity index (χ4v) is 2.69. The molecular formula is C18H17N2O4-. The number of rotatable bonds is 5. The van der Waals surface area contributed by atoms with Gasteiger partial charge in [0.2, 0.25) is 5.91 Å². The summed E-state index contributed by atoms with van der Waals surface area (Å²) in [5.74, 6) is -0.981. The fraction of sp³-hybridized carbons (Fsp3) is 0.278. The molecule has 124 valence electrons. The highest BCUT2D eigenvalue weighted by Gasteiger charge is 2.34. The molecule has 2 heterocycles. The molecule has 3 rings (SSSR count). The summed E-state index contributed by atoms with van der Waals surface area (Å²) in [4.78, 5) is 23.0. The number of aliphatic carboxylic acids is 1. The van der Waals surface area contributed by atoms with E-state index in [0.29, 0.717) is 12.2 Å². The van der Waals surface area contributed by atoms with Crippen LogP contribution < -0.4 is 5.11 Å². The Hall–Kier alpha value is -2.89. The molecule has 2 aromatic rings. The van der Waals surface area contributed by atoms with Gasteiger partial charge < -0.3 is 14.3 Å². The minimum Gasteiger partial charge on any atom is -0.550 e. The second-order valence-electron chi connectivity index (χ2n) is 5.76. The molecule has 1 aromatic heterocycles. The second-order valence-corrected chi connectivity index (χ2v) is 5.76. The minimum atomic E-state index is -1.25. The van der Waals surface area contributed by atoms with Gasteiger partial charge in [0.15, 0.2) is 0 Å². The van der Waals surface area contributed by atoms with Crippen molar-refractivity contribution >= 4 is 17.6 Å². The number of hydrogen-bond acceptors (Lipinski definition) is 5. The molecule has 0 N–H and O–H groups in total. The predicted octanol–water partition coefficient (Wildman–Crippen LogP) is 1.80. The fourth-order valence-electron chi connectivity index (χ4n) is 2.69. The maximum atomic E-state index is 12.4. The number of benzene rings is 1. The highest BCUT2D eigenvalue weighted by atomic mass is 16.4. The summed E-state index contributed by atoms with van der Waals surface area (Å²) in [6.07, 6.45) is 1.59. The number of hydrogen-bond donors (Lipinski definition) is 0. The summed E-state index contributed by atoms with van der Waals surface area (Å²) < 4.78 is 5.43. The summed E-state index contributed by atoms with van der Waals surface area (Å²) >= 11 is 0. The van der Waals surface area contributed by atoms with E-state index in [4.69, 9.17) is 4.42 Å². The molecule has 6 nitrogen and oxygen atoms in total.